The van der Waals surface area contributed by atoms with E-state index in [1.54, 1.807) is 0 Å². The zero-order valence-electron chi connectivity index (χ0n) is 14.3. The van der Waals surface area contributed by atoms with Gasteiger partial charge in [0.25, 0.3) is 0 Å². The summed E-state index contributed by atoms with van der Waals surface area (Å²) in [5, 5.41) is 15.2. The molecular formula is C18H20N4OS2. The topological polar surface area (TPSA) is 78.7 Å². The highest BCUT2D eigenvalue weighted by molar-refractivity contribution is 8.00. The number of carbonyl (C=O) groups excluding carboxylic acids is 1. The van der Waals surface area contributed by atoms with Gasteiger partial charge in [0.1, 0.15) is 11.1 Å². The van der Waals surface area contributed by atoms with Gasteiger partial charge in [-0.2, -0.15) is 5.26 Å². The lowest BCUT2D eigenvalue weighted by molar-refractivity contribution is -0.115. The maximum Gasteiger partial charge on any atom is 0.239 e. The number of anilines is 1. The van der Waals surface area contributed by atoms with Crippen LogP contribution in [0.4, 0.5) is 5.13 Å². The van der Waals surface area contributed by atoms with Gasteiger partial charge in [-0.15, -0.1) is 11.3 Å². The Morgan fingerprint density at radius 1 is 1.44 bits per heavy atom. The average Bonchev–Trinajstić information content (AvgIpc) is 3.03. The van der Waals surface area contributed by atoms with Crippen LogP contribution in [0.5, 0.6) is 0 Å². The second-order valence-electron chi connectivity index (χ2n) is 6.06. The summed E-state index contributed by atoms with van der Waals surface area (Å²) in [4.78, 5) is 21.6. The van der Waals surface area contributed by atoms with Crippen molar-refractivity contribution in [3.05, 3.63) is 34.0 Å². The van der Waals surface area contributed by atoms with E-state index in [9.17, 15) is 10.1 Å². The van der Waals surface area contributed by atoms with E-state index in [2.05, 4.69) is 16.4 Å². The molecule has 2 aromatic rings. The minimum absolute atomic E-state index is 0.0924. The highest BCUT2D eigenvalue weighted by Gasteiger charge is 2.23. The van der Waals surface area contributed by atoms with Gasteiger partial charge >= 0.3 is 0 Å². The second kappa shape index (κ2) is 7.98. The highest BCUT2D eigenvalue weighted by atomic mass is 32.2. The Kier molecular flexibility index (Phi) is 5.71. The maximum atomic E-state index is 12.6. The molecule has 0 saturated heterocycles. The number of thiazole rings is 1. The van der Waals surface area contributed by atoms with E-state index in [1.807, 2.05) is 25.3 Å². The molecule has 1 atom stereocenters. The zero-order chi connectivity index (χ0) is 17.8. The molecule has 0 aliphatic heterocycles. The third-order valence-electron chi connectivity index (χ3n) is 4.15. The van der Waals surface area contributed by atoms with Crippen LogP contribution < -0.4 is 5.32 Å². The molecule has 130 valence electrons. The average molecular weight is 373 g/mol. The number of rotatable bonds is 5. The highest BCUT2D eigenvalue weighted by Crippen LogP contribution is 2.31. The van der Waals surface area contributed by atoms with Crippen molar-refractivity contribution in [1.82, 2.24) is 9.97 Å². The third kappa shape index (κ3) is 4.20. The van der Waals surface area contributed by atoms with Crippen LogP contribution in [0.1, 0.15) is 48.7 Å². The van der Waals surface area contributed by atoms with Crippen LogP contribution in [0.3, 0.4) is 0 Å². The molecule has 0 saturated carbocycles. The Hall–Kier alpha value is -1.91. The zero-order valence-corrected chi connectivity index (χ0v) is 16.0. The number of hydrogen-bond donors (Lipinski definition) is 1. The Morgan fingerprint density at radius 3 is 2.92 bits per heavy atom. The van der Waals surface area contributed by atoms with Crippen LogP contribution >= 0.6 is 23.1 Å². The van der Waals surface area contributed by atoms with Crippen LogP contribution in [0, 0.1) is 18.3 Å². The predicted molar refractivity (Wildman–Crippen MR) is 101 cm³/mol. The summed E-state index contributed by atoms with van der Waals surface area (Å²) in [7, 11) is 0. The maximum absolute atomic E-state index is 12.6. The van der Waals surface area contributed by atoms with Gasteiger partial charge in [-0.1, -0.05) is 18.7 Å². The van der Waals surface area contributed by atoms with E-state index in [-0.39, 0.29) is 11.2 Å². The molecule has 1 N–H and O–H groups in total. The van der Waals surface area contributed by atoms with Gasteiger partial charge in [0.2, 0.25) is 5.91 Å². The molecule has 0 spiro atoms. The molecular weight excluding hydrogens is 352 g/mol. The molecule has 0 fully saturated rings. The van der Waals surface area contributed by atoms with Crippen molar-refractivity contribution < 1.29 is 4.79 Å². The number of fused-ring (bicyclic) bond motifs is 1. The number of amides is 1. The second-order valence-corrected chi connectivity index (χ2v) is 8.11. The Balaban J connectivity index is 1.79. The molecule has 0 bridgehead atoms. The SMILES string of the molecule is CCC(Sc1nc2c(cc1C#N)CCCC2)C(=O)Nc1nc(C)cs1. The summed E-state index contributed by atoms with van der Waals surface area (Å²) in [6.45, 7) is 3.86. The van der Waals surface area contributed by atoms with Crippen LogP contribution in [0.15, 0.2) is 16.5 Å². The van der Waals surface area contributed by atoms with Gasteiger partial charge < -0.3 is 5.32 Å². The molecule has 1 amide bonds. The monoisotopic (exact) mass is 372 g/mol. The van der Waals surface area contributed by atoms with E-state index in [1.165, 1.54) is 28.7 Å². The number of hydrogen-bond acceptors (Lipinski definition) is 6. The van der Waals surface area contributed by atoms with Gasteiger partial charge in [0, 0.05) is 11.1 Å². The smallest absolute Gasteiger partial charge is 0.239 e. The summed E-state index contributed by atoms with van der Waals surface area (Å²) in [6, 6.07) is 4.20. The van der Waals surface area contributed by atoms with E-state index in [0.29, 0.717) is 22.1 Å². The Morgan fingerprint density at radius 2 is 2.24 bits per heavy atom. The summed E-state index contributed by atoms with van der Waals surface area (Å²) in [6.07, 6.45) is 4.89. The lowest BCUT2D eigenvalue weighted by Gasteiger charge is -2.18. The lowest BCUT2D eigenvalue weighted by Crippen LogP contribution is -2.25. The van der Waals surface area contributed by atoms with Crippen LogP contribution in [0.2, 0.25) is 0 Å². The van der Waals surface area contributed by atoms with Crippen molar-refractivity contribution in [2.24, 2.45) is 0 Å². The molecule has 0 aromatic carbocycles. The number of aromatic nitrogens is 2. The van der Waals surface area contributed by atoms with Crippen molar-refractivity contribution in [2.45, 2.75) is 56.2 Å². The Labute approximate surface area is 155 Å². The predicted octanol–water partition coefficient (Wildman–Crippen LogP) is 4.11. The van der Waals surface area contributed by atoms with Gasteiger partial charge in [-0.05, 0) is 50.7 Å². The molecule has 5 nitrogen and oxygen atoms in total. The minimum atomic E-state index is -0.301. The molecule has 1 aliphatic carbocycles. The fourth-order valence-corrected chi connectivity index (χ4v) is 4.53. The lowest BCUT2D eigenvalue weighted by atomic mass is 9.95. The first kappa shape index (κ1) is 17.9. The third-order valence-corrected chi connectivity index (χ3v) is 6.39. The first-order valence-electron chi connectivity index (χ1n) is 8.43. The molecule has 25 heavy (non-hydrogen) atoms. The van der Waals surface area contributed by atoms with Gasteiger partial charge in [-0.3, -0.25) is 4.79 Å². The molecule has 2 heterocycles. The van der Waals surface area contributed by atoms with Gasteiger partial charge in [0.05, 0.1) is 16.5 Å². The number of aryl methyl sites for hydroxylation is 3. The van der Waals surface area contributed by atoms with Crippen LogP contribution in [-0.4, -0.2) is 21.1 Å². The van der Waals surface area contributed by atoms with Crippen molar-refractivity contribution in [3.63, 3.8) is 0 Å². The minimum Gasteiger partial charge on any atom is -0.301 e. The van der Waals surface area contributed by atoms with E-state index in [0.717, 1.165) is 37.1 Å². The number of carbonyl (C=O) groups is 1. The number of nitrogens with one attached hydrogen (secondary N) is 1. The fourth-order valence-electron chi connectivity index (χ4n) is 2.84. The quantitative estimate of drug-likeness (QED) is 0.799. The first-order valence-corrected chi connectivity index (χ1v) is 10.2. The number of nitriles is 1. The van der Waals surface area contributed by atoms with E-state index >= 15 is 0 Å². The molecule has 3 rings (SSSR count). The molecule has 0 radical (unpaired) electrons. The summed E-state index contributed by atoms with van der Waals surface area (Å²) < 4.78 is 0. The summed E-state index contributed by atoms with van der Waals surface area (Å²) >= 11 is 2.80. The Bertz CT molecular complexity index is 825. The number of pyridine rings is 1. The van der Waals surface area contributed by atoms with E-state index < -0.39 is 0 Å². The standard InChI is InChI=1S/C18H20N4OS2/c1-3-15(16(23)22-18-20-11(2)10-24-18)25-17-13(9-19)8-12-6-4-5-7-14(12)21-17/h8,10,15H,3-7H2,1-2H3,(H,20,22,23). The van der Waals surface area contributed by atoms with Crippen molar-refractivity contribution in [1.29, 1.82) is 5.26 Å². The first-order chi connectivity index (χ1) is 12.1. The van der Waals surface area contributed by atoms with Crippen LogP contribution in [-0.2, 0) is 17.6 Å². The van der Waals surface area contributed by atoms with Gasteiger partial charge in [0.15, 0.2) is 5.13 Å². The van der Waals surface area contributed by atoms with E-state index in [4.69, 9.17) is 4.98 Å². The molecule has 7 heteroatoms. The van der Waals surface area contributed by atoms with Crippen LogP contribution in [0.25, 0.3) is 0 Å². The number of thioether (sulfide) groups is 1. The molecule has 1 unspecified atom stereocenters. The largest absolute Gasteiger partial charge is 0.301 e. The van der Waals surface area contributed by atoms with Gasteiger partial charge in [-0.25, -0.2) is 9.97 Å². The van der Waals surface area contributed by atoms with Crippen molar-refractivity contribution >= 4 is 34.1 Å². The van der Waals surface area contributed by atoms with Crippen molar-refractivity contribution in [3.8, 4) is 6.07 Å². The summed E-state index contributed by atoms with van der Waals surface area (Å²) in [5.74, 6) is -0.0924. The number of nitrogens with zero attached hydrogens (tertiary/aromatic N) is 3. The van der Waals surface area contributed by atoms with Crippen molar-refractivity contribution in [2.75, 3.05) is 5.32 Å². The summed E-state index contributed by atoms with van der Waals surface area (Å²) in [5.41, 5.74) is 3.73. The molecule has 2 aromatic heterocycles. The normalized spacial score (nSPS) is 14.4. The molecule has 1 aliphatic rings. The fraction of sp³-hybridized carbons (Fsp3) is 0.444.